The van der Waals surface area contributed by atoms with E-state index in [1.54, 1.807) is 26.4 Å². The van der Waals surface area contributed by atoms with Crippen LogP contribution in [-0.2, 0) is 18.4 Å². The Labute approximate surface area is 174 Å². The number of rotatable bonds is 7. The number of carbonyl (C=O) groups is 1. The Balaban J connectivity index is 1.35. The third kappa shape index (κ3) is 4.51. The van der Waals surface area contributed by atoms with Crippen LogP contribution in [0.15, 0.2) is 30.6 Å². The second kappa shape index (κ2) is 8.66. The molecule has 9 heteroatoms. The monoisotopic (exact) mass is 410 g/mol. The van der Waals surface area contributed by atoms with Gasteiger partial charge in [0.1, 0.15) is 11.4 Å². The second-order valence-corrected chi connectivity index (χ2v) is 7.69. The average molecular weight is 410 g/mol. The molecule has 4 rings (SSSR count). The van der Waals surface area contributed by atoms with Crippen molar-refractivity contribution in [3.05, 3.63) is 53.2 Å². The number of nitrogens with zero attached hydrogens (tertiary/aromatic N) is 4. The molecule has 0 spiro atoms. The Hall–Kier alpha value is -3.20. The number of hydrogen-bond donors (Lipinski definition) is 2. The van der Waals surface area contributed by atoms with E-state index in [0.717, 1.165) is 36.3 Å². The van der Waals surface area contributed by atoms with Gasteiger partial charge in [0.15, 0.2) is 5.82 Å². The molecule has 0 radical (unpaired) electrons. The third-order valence-electron chi connectivity index (χ3n) is 5.27. The van der Waals surface area contributed by atoms with Crippen molar-refractivity contribution in [3.8, 4) is 5.75 Å². The van der Waals surface area contributed by atoms with Crippen LogP contribution in [0, 0.1) is 6.92 Å². The number of hydrogen-bond acceptors (Lipinski definition) is 6. The van der Waals surface area contributed by atoms with Crippen molar-refractivity contribution >= 4 is 11.7 Å². The maximum absolute atomic E-state index is 12.6. The van der Waals surface area contributed by atoms with Gasteiger partial charge >= 0.3 is 0 Å². The molecule has 1 fully saturated rings. The van der Waals surface area contributed by atoms with Crippen LogP contribution >= 0.6 is 0 Å². The van der Waals surface area contributed by atoms with E-state index in [1.165, 1.54) is 4.68 Å². The molecule has 0 aliphatic heterocycles. The summed E-state index contributed by atoms with van der Waals surface area (Å²) in [6, 6.07) is 5.61. The molecule has 30 heavy (non-hydrogen) atoms. The lowest BCUT2D eigenvalue weighted by Crippen LogP contribution is -2.16. The highest BCUT2D eigenvalue weighted by atomic mass is 16.5. The lowest BCUT2D eigenvalue weighted by molar-refractivity contribution is 0.101. The predicted octanol–water partition coefficient (Wildman–Crippen LogP) is 2.96. The van der Waals surface area contributed by atoms with Crippen LogP contribution in [-0.4, -0.2) is 44.1 Å². The Bertz CT molecular complexity index is 1030. The molecule has 1 saturated carbocycles. The van der Waals surface area contributed by atoms with E-state index in [0.29, 0.717) is 29.7 Å². The summed E-state index contributed by atoms with van der Waals surface area (Å²) in [5.74, 6) is 1.36. The number of amides is 1. The van der Waals surface area contributed by atoms with E-state index in [9.17, 15) is 4.79 Å². The minimum absolute atomic E-state index is 0.147. The Morgan fingerprint density at radius 2 is 2.17 bits per heavy atom. The smallest absolute Gasteiger partial charge is 0.275 e. The number of pyridine rings is 1. The Kier molecular flexibility index (Phi) is 5.80. The SMILES string of the molecule is COCc1cc(C(=O)Nc2cc([C@H]3CC[C@@H](Oc4cncc(C)c4)C3)[nH]n2)n(C)n1. The van der Waals surface area contributed by atoms with Gasteiger partial charge in [0.25, 0.3) is 5.91 Å². The first-order valence-corrected chi connectivity index (χ1v) is 9.98. The predicted molar refractivity (Wildman–Crippen MR) is 110 cm³/mol. The molecule has 1 aliphatic carbocycles. The first-order valence-electron chi connectivity index (χ1n) is 9.98. The largest absolute Gasteiger partial charge is 0.489 e. The van der Waals surface area contributed by atoms with Gasteiger partial charge in [0.05, 0.1) is 24.6 Å². The summed E-state index contributed by atoms with van der Waals surface area (Å²) in [5, 5.41) is 14.4. The van der Waals surface area contributed by atoms with Crippen molar-refractivity contribution in [3.63, 3.8) is 0 Å². The van der Waals surface area contributed by atoms with Gasteiger partial charge in [0, 0.05) is 38.0 Å². The fourth-order valence-electron chi connectivity index (χ4n) is 3.86. The van der Waals surface area contributed by atoms with Gasteiger partial charge in [0.2, 0.25) is 0 Å². The van der Waals surface area contributed by atoms with Crippen molar-refractivity contribution < 1.29 is 14.3 Å². The van der Waals surface area contributed by atoms with Crippen molar-refractivity contribution in [1.82, 2.24) is 25.0 Å². The topological polar surface area (TPSA) is 107 Å². The van der Waals surface area contributed by atoms with Gasteiger partial charge in [-0.2, -0.15) is 10.2 Å². The van der Waals surface area contributed by atoms with E-state index >= 15 is 0 Å². The van der Waals surface area contributed by atoms with E-state index in [2.05, 4.69) is 25.6 Å². The molecule has 1 amide bonds. The quantitative estimate of drug-likeness (QED) is 0.620. The number of methoxy groups -OCH3 is 1. The lowest BCUT2D eigenvalue weighted by atomic mass is 10.0. The molecule has 3 aromatic heterocycles. The number of aromatic nitrogens is 5. The Morgan fingerprint density at radius 1 is 1.30 bits per heavy atom. The molecule has 0 aromatic carbocycles. The third-order valence-corrected chi connectivity index (χ3v) is 5.27. The van der Waals surface area contributed by atoms with Gasteiger partial charge in [-0.05, 0) is 43.9 Å². The molecule has 0 saturated heterocycles. The number of aryl methyl sites for hydroxylation is 2. The van der Waals surface area contributed by atoms with Crippen molar-refractivity contribution in [2.24, 2.45) is 7.05 Å². The van der Waals surface area contributed by atoms with Crippen molar-refractivity contribution in [1.29, 1.82) is 0 Å². The lowest BCUT2D eigenvalue weighted by Gasteiger charge is -2.13. The average Bonchev–Trinajstić information content (AvgIpc) is 3.42. The van der Waals surface area contributed by atoms with Crippen LogP contribution in [0.5, 0.6) is 5.75 Å². The van der Waals surface area contributed by atoms with Crippen LogP contribution in [0.3, 0.4) is 0 Å². The molecule has 0 unspecified atom stereocenters. The highest BCUT2D eigenvalue weighted by Crippen LogP contribution is 2.36. The van der Waals surface area contributed by atoms with Gasteiger partial charge < -0.3 is 14.8 Å². The summed E-state index contributed by atoms with van der Waals surface area (Å²) in [6.07, 6.45) is 6.58. The van der Waals surface area contributed by atoms with Gasteiger partial charge in [-0.25, -0.2) is 0 Å². The first kappa shape index (κ1) is 20.1. The van der Waals surface area contributed by atoms with Crippen LogP contribution in [0.1, 0.15) is 52.6 Å². The number of ether oxygens (including phenoxy) is 2. The molecular weight excluding hydrogens is 384 g/mol. The maximum Gasteiger partial charge on any atom is 0.275 e. The fourth-order valence-corrected chi connectivity index (χ4v) is 3.86. The standard InChI is InChI=1S/C21H26N6O3/c1-13-6-17(11-22-10-13)30-16-5-4-14(7-16)18-9-20(25-24-18)23-21(28)19-8-15(12-29-3)26-27(19)2/h6,8-11,14,16H,4-5,7,12H2,1-3H3,(H2,23,24,25,28)/t14-,16+/m0/s1. The molecule has 0 bridgehead atoms. The highest BCUT2D eigenvalue weighted by molar-refractivity contribution is 6.02. The maximum atomic E-state index is 12.6. The minimum atomic E-state index is -0.259. The molecule has 3 aromatic rings. The summed E-state index contributed by atoms with van der Waals surface area (Å²) in [7, 11) is 3.32. The van der Waals surface area contributed by atoms with E-state index in [1.807, 2.05) is 25.3 Å². The summed E-state index contributed by atoms with van der Waals surface area (Å²) >= 11 is 0. The zero-order valence-electron chi connectivity index (χ0n) is 17.4. The van der Waals surface area contributed by atoms with E-state index in [-0.39, 0.29) is 12.0 Å². The summed E-state index contributed by atoms with van der Waals surface area (Å²) in [6.45, 7) is 2.36. The molecule has 158 valence electrons. The summed E-state index contributed by atoms with van der Waals surface area (Å²) in [5.41, 5.74) is 3.24. The second-order valence-electron chi connectivity index (χ2n) is 7.69. The molecular formula is C21H26N6O3. The zero-order valence-corrected chi connectivity index (χ0v) is 17.4. The van der Waals surface area contributed by atoms with Crippen LogP contribution in [0.4, 0.5) is 5.82 Å². The van der Waals surface area contributed by atoms with Crippen LogP contribution < -0.4 is 10.1 Å². The molecule has 3 heterocycles. The number of aromatic amines is 1. The number of carbonyl (C=O) groups excluding carboxylic acids is 1. The molecule has 2 atom stereocenters. The van der Waals surface area contributed by atoms with Crippen LogP contribution in [0.25, 0.3) is 0 Å². The van der Waals surface area contributed by atoms with Gasteiger partial charge in [-0.15, -0.1) is 0 Å². The number of anilines is 1. The van der Waals surface area contributed by atoms with Gasteiger partial charge in [-0.1, -0.05) is 0 Å². The van der Waals surface area contributed by atoms with Gasteiger partial charge in [-0.3, -0.25) is 19.6 Å². The molecule has 2 N–H and O–H groups in total. The summed E-state index contributed by atoms with van der Waals surface area (Å²) in [4.78, 5) is 16.8. The Morgan fingerprint density at radius 3 is 2.97 bits per heavy atom. The first-order chi connectivity index (χ1) is 14.5. The number of H-pyrrole nitrogens is 1. The number of nitrogens with one attached hydrogen (secondary N) is 2. The molecule has 9 nitrogen and oxygen atoms in total. The fraction of sp³-hybridized carbons (Fsp3) is 0.429. The molecule has 1 aliphatic rings. The highest BCUT2D eigenvalue weighted by Gasteiger charge is 2.29. The summed E-state index contributed by atoms with van der Waals surface area (Å²) < 4.78 is 12.7. The zero-order chi connectivity index (χ0) is 21.1. The van der Waals surface area contributed by atoms with E-state index in [4.69, 9.17) is 9.47 Å². The van der Waals surface area contributed by atoms with E-state index < -0.39 is 0 Å². The normalized spacial score (nSPS) is 18.5. The van der Waals surface area contributed by atoms with Crippen molar-refractivity contribution in [2.75, 3.05) is 12.4 Å². The van der Waals surface area contributed by atoms with Crippen LogP contribution in [0.2, 0.25) is 0 Å². The van der Waals surface area contributed by atoms with Crippen molar-refractivity contribution in [2.45, 2.75) is 44.8 Å². The minimum Gasteiger partial charge on any atom is -0.489 e.